The predicted molar refractivity (Wildman–Crippen MR) is 87.7 cm³/mol. The molecule has 3 nitrogen and oxygen atoms in total. The molecule has 0 bridgehead atoms. The Kier molecular flexibility index (Phi) is 9.34. The Morgan fingerprint density at radius 1 is 1.00 bits per heavy atom. The maximum Gasteiger partial charge on any atom is 0.248 e. The number of carbonyl (C=O) groups excluding carboxylic acids is 1. The van der Waals surface area contributed by atoms with E-state index in [4.69, 9.17) is 10.5 Å². The summed E-state index contributed by atoms with van der Waals surface area (Å²) in [7, 11) is 0. The molecule has 0 aliphatic carbocycles. The summed E-state index contributed by atoms with van der Waals surface area (Å²) in [6.07, 6.45) is 11.7. The van der Waals surface area contributed by atoms with Crippen molar-refractivity contribution in [2.75, 3.05) is 6.61 Å². The third kappa shape index (κ3) is 8.38. The zero-order valence-electron chi connectivity index (χ0n) is 13.3. The van der Waals surface area contributed by atoms with Gasteiger partial charge in [-0.3, -0.25) is 4.79 Å². The molecule has 21 heavy (non-hydrogen) atoms. The van der Waals surface area contributed by atoms with Crippen molar-refractivity contribution in [3.05, 3.63) is 29.8 Å². The first-order valence-corrected chi connectivity index (χ1v) is 8.26. The summed E-state index contributed by atoms with van der Waals surface area (Å²) in [4.78, 5) is 11.1. The minimum atomic E-state index is -0.413. The fraction of sp³-hybridized carbons (Fsp3) is 0.611. The van der Waals surface area contributed by atoms with Crippen molar-refractivity contribution in [1.29, 1.82) is 0 Å². The number of ether oxygens (including phenoxy) is 1. The van der Waals surface area contributed by atoms with Crippen LogP contribution in [-0.2, 0) is 0 Å². The van der Waals surface area contributed by atoms with E-state index in [0.717, 1.165) is 12.2 Å². The topological polar surface area (TPSA) is 52.3 Å². The lowest BCUT2D eigenvalue weighted by Gasteiger charge is -2.07. The van der Waals surface area contributed by atoms with Crippen LogP contribution < -0.4 is 10.5 Å². The lowest BCUT2D eigenvalue weighted by atomic mass is 10.1. The second-order valence-corrected chi connectivity index (χ2v) is 5.57. The number of nitrogens with two attached hydrogens (primary N) is 1. The smallest absolute Gasteiger partial charge is 0.248 e. The van der Waals surface area contributed by atoms with Gasteiger partial charge in [-0.1, -0.05) is 64.4 Å². The van der Waals surface area contributed by atoms with Gasteiger partial charge in [-0.2, -0.15) is 0 Å². The van der Waals surface area contributed by atoms with E-state index in [1.165, 1.54) is 51.4 Å². The predicted octanol–water partition coefficient (Wildman–Crippen LogP) is 4.70. The van der Waals surface area contributed by atoms with Crippen LogP contribution in [0.4, 0.5) is 0 Å². The Morgan fingerprint density at radius 3 is 2.24 bits per heavy atom. The molecule has 0 radical (unpaired) electrons. The van der Waals surface area contributed by atoms with Crippen LogP contribution in [0.3, 0.4) is 0 Å². The maximum absolute atomic E-state index is 11.1. The number of benzene rings is 1. The van der Waals surface area contributed by atoms with Crippen LogP contribution in [0.2, 0.25) is 0 Å². The van der Waals surface area contributed by atoms with Gasteiger partial charge in [0.1, 0.15) is 5.75 Å². The summed E-state index contributed by atoms with van der Waals surface area (Å²) < 4.78 is 5.65. The normalized spacial score (nSPS) is 10.5. The van der Waals surface area contributed by atoms with Crippen LogP contribution in [0.25, 0.3) is 0 Å². The number of primary amides is 1. The zero-order valence-corrected chi connectivity index (χ0v) is 13.3. The van der Waals surface area contributed by atoms with Crippen molar-refractivity contribution in [2.24, 2.45) is 5.73 Å². The average molecular weight is 291 g/mol. The van der Waals surface area contributed by atoms with Gasteiger partial charge in [0.05, 0.1) is 6.61 Å². The van der Waals surface area contributed by atoms with E-state index in [2.05, 4.69) is 6.92 Å². The van der Waals surface area contributed by atoms with Crippen molar-refractivity contribution in [3.8, 4) is 5.75 Å². The quantitative estimate of drug-likeness (QED) is 0.568. The third-order valence-corrected chi connectivity index (χ3v) is 3.64. The Bertz CT molecular complexity index is 404. The van der Waals surface area contributed by atoms with E-state index in [-0.39, 0.29) is 0 Å². The first-order chi connectivity index (χ1) is 10.2. The van der Waals surface area contributed by atoms with Gasteiger partial charge in [-0.15, -0.1) is 0 Å². The largest absolute Gasteiger partial charge is 0.494 e. The number of carbonyl (C=O) groups is 1. The van der Waals surface area contributed by atoms with Gasteiger partial charge in [0, 0.05) is 5.56 Å². The average Bonchev–Trinajstić information content (AvgIpc) is 2.49. The molecule has 0 aromatic heterocycles. The second-order valence-electron chi connectivity index (χ2n) is 5.57. The summed E-state index contributed by atoms with van der Waals surface area (Å²) in [5, 5.41) is 0. The number of amides is 1. The highest BCUT2D eigenvalue weighted by Crippen LogP contribution is 2.14. The fourth-order valence-corrected chi connectivity index (χ4v) is 2.34. The van der Waals surface area contributed by atoms with Crippen LogP contribution in [0.1, 0.15) is 75.1 Å². The van der Waals surface area contributed by atoms with Gasteiger partial charge in [-0.05, 0) is 24.6 Å². The summed E-state index contributed by atoms with van der Waals surface area (Å²) >= 11 is 0. The molecule has 1 rings (SSSR count). The molecule has 0 saturated heterocycles. The molecular formula is C18H29NO2. The molecule has 2 N–H and O–H groups in total. The molecule has 0 atom stereocenters. The molecule has 0 spiro atoms. The summed E-state index contributed by atoms with van der Waals surface area (Å²) in [6.45, 7) is 2.96. The van der Waals surface area contributed by atoms with E-state index in [0.29, 0.717) is 12.2 Å². The maximum atomic E-state index is 11.1. The Labute approximate surface area is 128 Å². The van der Waals surface area contributed by atoms with Crippen LogP contribution in [0.5, 0.6) is 5.75 Å². The molecule has 3 heteroatoms. The Hall–Kier alpha value is -1.51. The fourth-order valence-electron chi connectivity index (χ4n) is 2.34. The summed E-state index contributed by atoms with van der Waals surface area (Å²) in [6, 6.07) is 7.07. The van der Waals surface area contributed by atoms with Crippen molar-refractivity contribution in [2.45, 2.75) is 64.7 Å². The molecule has 0 aliphatic rings. The highest BCUT2D eigenvalue weighted by molar-refractivity contribution is 5.93. The second kappa shape index (κ2) is 11.2. The van der Waals surface area contributed by atoms with Crippen LogP contribution in [-0.4, -0.2) is 12.5 Å². The number of rotatable bonds is 12. The van der Waals surface area contributed by atoms with E-state index in [1.807, 2.05) is 6.07 Å². The lowest BCUT2D eigenvalue weighted by Crippen LogP contribution is -2.10. The minimum absolute atomic E-state index is 0.413. The molecule has 1 aromatic carbocycles. The minimum Gasteiger partial charge on any atom is -0.494 e. The number of hydrogen-bond donors (Lipinski definition) is 1. The van der Waals surface area contributed by atoms with E-state index in [9.17, 15) is 4.79 Å². The monoisotopic (exact) mass is 291 g/mol. The third-order valence-electron chi connectivity index (χ3n) is 3.64. The van der Waals surface area contributed by atoms with Crippen molar-refractivity contribution < 1.29 is 9.53 Å². The van der Waals surface area contributed by atoms with Crippen LogP contribution in [0.15, 0.2) is 24.3 Å². The molecule has 1 aromatic rings. The van der Waals surface area contributed by atoms with E-state index >= 15 is 0 Å². The standard InChI is InChI=1S/C18H29NO2/c1-2-3-4-5-6-7-8-9-10-14-21-17-13-11-12-16(15-17)18(19)20/h11-13,15H,2-10,14H2,1H3,(H2,19,20). The van der Waals surface area contributed by atoms with Gasteiger partial charge in [0.15, 0.2) is 0 Å². The first-order valence-electron chi connectivity index (χ1n) is 8.26. The molecule has 118 valence electrons. The molecule has 0 heterocycles. The molecule has 0 aliphatic heterocycles. The molecule has 0 saturated carbocycles. The SMILES string of the molecule is CCCCCCCCCCCOc1cccc(C(N)=O)c1. The molecule has 1 amide bonds. The number of hydrogen-bond acceptors (Lipinski definition) is 2. The molecular weight excluding hydrogens is 262 g/mol. The zero-order chi connectivity index (χ0) is 15.3. The van der Waals surface area contributed by atoms with Crippen molar-refractivity contribution >= 4 is 5.91 Å². The highest BCUT2D eigenvalue weighted by Gasteiger charge is 2.01. The first kappa shape index (κ1) is 17.5. The van der Waals surface area contributed by atoms with Gasteiger partial charge in [0.25, 0.3) is 0 Å². The van der Waals surface area contributed by atoms with Crippen molar-refractivity contribution in [3.63, 3.8) is 0 Å². The van der Waals surface area contributed by atoms with Gasteiger partial charge >= 0.3 is 0 Å². The van der Waals surface area contributed by atoms with Crippen LogP contribution >= 0.6 is 0 Å². The highest BCUT2D eigenvalue weighted by atomic mass is 16.5. The molecule has 0 fully saturated rings. The van der Waals surface area contributed by atoms with E-state index < -0.39 is 5.91 Å². The van der Waals surface area contributed by atoms with Gasteiger partial charge in [0.2, 0.25) is 5.91 Å². The molecule has 0 unspecified atom stereocenters. The van der Waals surface area contributed by atoms with Gasteiger partial charge < -0.3 is 10.5 Å². The lowest BCUT2D eigenvalue weighted by molar-refractivity contribution is 0.1000. The van der Waals surface area contributed by atoms with E-state index in [1.54, 1.807) is 18.2 Å². The summed E-state index contributed by atoms with van der Waals surface area (Å²) in [5.74, 6) is 0.314. The summed E-state index contributed by atoms with van der Waals surface area (Å²) in [5.41, 5.74) is 5.74. The van der Waals surface area contributed by atoms with Gasteiger partial charge in [-0.25, -0.2) is 0 Å². The Morgan fingerprint density at radius 2 is 1.62 bits per heavy atom. The van der Waals surface area contributed by atoms with Crippen LogP contribution in [0, 0.1) is 0 Å². The number of unbranched alkanes of at least 4 members (excludes halogenated alkanes) is 8. The van der Waals surface area contributed by atoms with Crippen molar-refractivity contribution in [1.82, 2.24) is 0 Å². The Balaban J connectivity index is 2.01.